The summed E-state index contributed by atoms with van der Waals surface area (Å²) in [5.41, 5.74) is 1.00. The molecule has 0 fully saturated rings. The molecule has 0 aliphatic heterocycles. The van der Waals surface area contributed by atoms with Gasteiger partial charge in [0.15, 0.2) is 0 Å². The first-order valence-electron chi connectivity index (χ1n) is 5.23. The van der Waals surface area contributed by atoms with Crippen LogP contribution < -0.4 is 5.32 Å². The zero-order valence-electron chi connectivity index (χ0n) is 9.24. The summed E-state index contributed by atoms with van der Waals surface area (Å²) >= 11 is 6.78. The number of rotatable bonds is 3. The minimum atomic E-state index is 0.795. The first kappa shape index (κ1) is 12.5. The molecule has 1 aromatic carbocycles. The Labute approximate surface area is 117 Å². The average Bonchev–Trinajstić information content (AvgIpc) is 2.31. The Hall–Kier alpha value is -0.940. The molecule has 0 radical (unpaired) electrons. The fraction of sp³-hybridized carbons (Fsp3) is 0.167. The second kappa shape index (κ2) is 5.60. The van der Waals surface area contributed by atoms with E-state index in [0.29, 0.717) is 0 Å². The number of aryl methyl sites for hydroxylation is 1. The van der Waals surface area contributed by atoms with Crippen LogP contribution in [-0.4, -0.2) is 9.97 Å². The third kappa shape index (κ3) is 3.51. The fourth-order valence-corrected chi connectivity index (χ4v) is 2.05. The molecule has 1 N–H and O–H groups in total. The highest BCUT2D eigenvalue weighted by Gasteiger charge is 2.02. The van der Waals surface area contributed by atoms with Crippen molar-refractivity contribution in [3.8, 4) is 0 Å². The highest BCUT2D eigenvalue weighted by molar-refractivity contribution is 9.10. The molecular formula is C12H11Br2N3. The van der Waals surface area contributed by atoms with Crippen molar-refractivity contribution in [1.29, 1.82) is 0 Å². The number of hydrogen-bond acceptors (Lipinski definition) is 3. The number of nitrogens with one attached hydrogen (secondary N) is 1. The van der Waals surface area contributed by atoms with Gasteiger partial charge in [-0.2, -0.15) is 0 Å². The summed E-state index contributed by atoms with van der Waals surface area (Å²) in [5, 5.41) is 3.24. The molecule has 0 spiro atoms. The molecule has 88 valence electrons. The second-order valence-electron chi connectivity index (χ2n) is 3.48. The van der Waals surface area contributed by atoms with Crippen molar-refractivity contribution in [2.75, 3.05) is 5.32 Å². The van der Waals surface area contributed by atoms with Gasteiger partial charge in [-0.15, -0.1) is 0 Å². The van der Waals surface area contributed by atoms with Gasteiger partial charge in [-0.3, -0.25) is 0 Å². The molecule has 17 heavy (non-hydrogen) atoms. The molecule has 0 saturated heterocycles. The Morgan fingerprint density at radius 1 is 1.12 bits per heavy atom. The van der Waals surface area contributed by atoms with E-state index in [1.165, 1.54) is 0 Å². The minimum absolute atomic E-state index is 0.795. The molecule has 3 nitrogen and oxygen atoms in total. The monoisotopic (exact) mass is 355 g/mol. The third-order valence-corrected chi connectivity index (χ3v) is 3.11. The van der Waals surface area contributed by atoms with Crippen LogP contribution in [0.5, 0.6) is 0 Å². The van der Waals surface area contributed by atoms with Gasteiger partial charge in [0.05, 0.1) is 0 Å². The van der Waals surface area contributed by atoms with Crippen LogP contribution in [0.4, 0.5) is 11.5 Å². The summed E-state index contributed by atoms with van der Waals surface area (Å²) in [6.45, 7) is 2.03. The van der Waals surface area contributed by atoms with Crippen LogP contribution in [0, 0.1) is 0 Å². The summed E-state index contributed by atoms with van der Waals surface area (Å²) in [7, 11) is 0. The Bertz CT molecular complexity index is 512. The van der Waals surface area contributed by atoms with Crippen LogP contribution in [0.2, 0.25) is 0 Å². The number of anilines is 2. The van der Waals surface area contributed by atoms with Crippen molar-refractivity contribution in [2.45, 2.75) is 13.3 Å². The quantitative estimate of drug-likeness (QED) is 0.833. The summed E-state index contributed by atoms with van der Waals surface area (Å²) in [5.74, 6) is 1.62. The summed E-state index contributed by atoms with van der Waals surface area (Å²) in [4.78, 5) is 8.67. The number of benzene rings is 1. The van der Waals surface area contributed by atoms with E-state index in [1.807, 2.05) is 37.3 Å². The third-order valence-electron chi connectivity index (χ3n) is 2.17. The van der Waals surface area contributed by atoms with Crippen LogP contribution >= 0.6 is 31.9 Å². The molecule has 0 saturated carbocycles. The van der Waals surface area contributed by atoms with E-state index in [0.717, 1.165) is 32.8 Å². The summed E-state index contributed by atoms with van der Waals surface area (Å²) < 4.78 is 1.85. The first-order valence-corrected chi connectivity index (χ1v) is 6.82. The lowest BCUT2D eigenvalue weighted by Crippen LogP contribution is -1.99. The lowest BCUT2D eigenvalue weighted by molar-refractivity contribution is 0.931. The first-order chi connectivity index (χ1) is 8.17. The molecule has 0 amide bonds. The molecule has 5 heteroatoms. The average molecular weight is 357 g/mol. The summed E-state index contributed by atoms with van der Waals surface area (Å²) in [6.07, 6.45) is 0.814. The van der Waals surface area contributed by atoms with Crippen molar-refractivity contribution >= 4 is 43.4 Å². The molecule has 2 aromatic rings. The number of nitrogens with zero attached hydrogens (tertiary/aromatic N) is 2. The maximum atomic E-state index is 4.41. The van der Waals surface area contributed by atoms with Crippen molar-refractivity contribution in [3.63, 3.8) is 0 Å². The Morgan fingerprint density at radius 3 is 2.47 bits per heavy atom. The van der Waals surface area contributed by atoms with Crippen molar-refractivity contribution < 1.29 is 0 Å². The highest BCUT2D eigenvalue weighted by Crippen LogP contribution is 2.20. The maximum absolute atomic E-state index is 4.41. The Balaban J connectivity index is 2.23. The van der Waals surface area contributed by atoms with Gasteiger partial charge >= 0.3 is 0 Å². The fourth-order valence-electron chi connectivity index (χ4n) is 1.37. The zero-order chi connectivity index (χ0) is 12.3. The van der Waals surface area contributed by atoms with E-state index in [4.69, 9.17) is 0 Å². The van der Waals surface area contributed by atoms with Gasteiger partial charge in [0, 0.05) is 22.6 Å². The molecule has 0 bridgehead atoms. The molecule has 0 aliphatic carbocycles. The Morgan fingerprint density at radius 2 is 1.82 bits per heavy atom. The lowest BCUT2D eigenvalue weighted by Gasteiger charge is -2.07. The maximum Gasteiger partial charge on any atom is 0.135 e. The van der Waals surface area contributed by atoms with Crippen LogP contribution in [-0.2, 0) is 6.42 Å². The van der Waals surface area contributed by atoms with E-state index in [-0.39, 0.29) is 0 Å². The van der Waals surface area contributed by atoms with Crippen LogP contribution in [0.3, 0.4) is 0 Å². The SMILES string of the molecule is CCc1nc(Br)cc(Nc2ccc(Br)cc2)n1. The highest BCUT2D eigenvalue weighted by atomic mass is 79.9. The van der Waals surface area contributed by atoms with Gasteiger partial charge in [0.1, 0.15) is 16.2 Å². The smallest absolute Gasteiger partial charge is 0.135 e. The van der Waals surface area contributed by atoms with E-state index in [1.54, 1.807) is 0 Å². The van der Waals surface area contributed by atoms with Gasteiger partial charge in [0.25, 0.3) is 0 Å². The van der Waals surface area contributed by atoms with Gasteiger partial charge < -0.3 is 5.32 Å². The normalized spacial score (nSPS) is 10.3. The summed E-state index contributed by atoms with van der Waals surface area (Å²) in [6, 6.07) is 9.82. The van der Waals surface area contributed by atoms with Crippen molar-refractivity contribution in [2.24, 2.45) is 0 Å². The van der Waals surface area contributed by atoms with Crippen LogP contribution in [0.15, 0.2) is 39.4 Å². The molecule has 0 unspecified atom stereocenters. The van der Waals surface area contributed by atoms with Crippen LogP contribution in [0.25, 0.3) is 0 Å². The predicted molar refractivity (Wildman–Crippen MR) is 76.5 cm³/mol. The molecule has 2 rings (SSSR count). The van der Waals surface area contributed by atoms with E-state index in [9.17, 15) is 0 Å². The number of hydrogen-bond donors (Lipinski definition) is 1. The van der Waals surface area contributed by atoms with Crippen molar-refractivity contribution in [1.82, 2.24) is 9.97 Å². The van der Waals surface area contributed by atoms with Gasteiger partial charge in [-0.25, -0.2) is 9.97 Å². The molecular weight excluding hydrogens is 346 g/mol. The molecule has 1 aromatic heterocycles. The molecule has 1 heterocycles. The molecule has 0 aliphatic rings. The largest absolute Gasteiger partial charge is 0.340 e. The zero-order valence-corrected chi connectivity index (χ0v) is 12.4. The van der Waals surface area contributed by atoms with Crippen LogP contribution in [0.1, 0.15) is 12.7 Å². The van der Waals surface area contributed by atoms with E-state index >= 15 is 0 Å². The van der Waals surface area contributed by atoms with Gasteiger partial charge in [-0.05, 0) is 40.2 Å². The number of halogens is 2. The van der Waals surface area contributed by atoms with Gasteiger partial charge in [0.2, 0.25) is 0 Å². The minimum Gasteiger partial charge on any atom is -0.340 e. The van der Waals surface area contributed by atoms with E-state index < -0.39 is 0 Å². The second-order valence-corrected chi connectivity index (χ2v) is 5.21. The van der Waals surface area contributed by atoms with Gasteiger partial charge in [-0.1, -0.05) is 22.9 Å². The van der Waals surface area contributed by atoms with Crippen molar-refractivity contribution in [3.05, 3.63) is 45.2 Å². The van der Waals surface area contributed by atoms with E-state index in [2.05, 4.69) is 47.1 Å². The lowest BCUT2D eigenvalue weighted by atomic mass is 10.3. The topological polar surface area (TPSA) is 37.8 Å². The Kier molecular flexibility index (Phi) is 4.12. The predicted octanol–water partition coefficient (Wildman–Crippen LogP) is 4.31. The standard InChI is InChI=1S/C12H11Br2N3/c1-2-11-16-10(14)7-12(17-11)15-9-5-3-8(13)4-6-9/h3-7H,2H2,1H3,(H,15,16,17). The number of aromatic nitrogens is 2. The molecule has 0 atom stereocenters.